The van der Waals surface area contributed by atoms with E-state index in [0.717, 1.165) is 22.5 Å². The van der Waals surface area contributed by atoms with Crippen LogP contribution in [0.2, 0.25) is 0 Å². The Morgan fingerprint density at radius 3 is 1.10 bits per heavy atom. The van der Waals surface area contributed by atoms with Crippen LogP contribution in [0.1, 0.15) is 52.4 Å². The number of para-hydroxylation sites is 4. The summed E-state index contributed by atoms with van der Waals surface area (Å²) in [5.74, 6) is 1.70. The van der Waals surface area contributed by atoms with Crippen molar-refractivity contribution in [3.05, 3.63) is 448 Å². The van der Waals surface area contributed by atoms with Crippen molar-refractivity contribution < 1.29 is 81.8 Å². The van der Waals surface area contributed by atoms with E-state index in [1.807, 2.05) is 114 Å². The number of nitrogens with zero attached hydrogens (tertiary/aromatic N) is 6. The van der Waals surface area contributed by atoms with Gasteiger partial charge in [0.25, 0.3) is 0 Å². The molecule has 0 radical (unpaired) electrons. The van der Waals surface area contributed by atoms with Crippen LogP contribution in [0.5, 0.6) is 23.0 Å². The zero-order chi connectivity index (χ0) is 98.2. The Morgan fingerprint density at radius 1 is 0.317 bits per heavy atom. The number of rotatable bonds is 16. The van der Waals surface area contributed by atoms with Crippen molar-refractivity contribution in [1.29, 1.82) is 0 Å². The maximum absolute atomic E-state index is 9.19. The Bertz CT molecular complexity index is 7780. The Labute approximate surface area is 767 Å². The fourth-order valence-electron chi connectivity index (χ4n) is 16.5. The van der Waals surface area contributed by atoms with Crippen LogP contribution in [0, 0.1) is 65.2 Å². The zero-order valence-corrected chi connectivity index (χ0v) is 72.7. The molecular formula is C108H78Ge2N6O2Pt2-6. The van der Waals surface area contributed by atoms with Gasteiger partial charge in [-0.1, -0.05) is 161 Å². The molecule has 8 nitrogen and oxygen atoms in total. The van der Waals surface area contributed by atoms with E-state index < -0.39 is 99.7 Å². The van der Waals surface area contributed by atoms with Crippen LogP contribution in [0.15, 0.2) is 388 Å². The predicted octanol–water partition coefficient (Wildman–Crippen LogP) is 20.9. The van der Waals surface area contributed by atoms with Gasteiger partial charge in [-0.25, -0.2) is 0 Å². The second-order valence-electron chi connectivity index (χ2n) is 28.5. The van der Waals surface area contributed by atoms with Gasteiger partial charge in [-0.15, -0.1) is 0 Å². The molecule has 0 fully saturated rings. The summed E-state index contributed by atoms with van der Waals surface area (Å²) >= 11 is -7.06. The van der Waals surface area contributed by atoms with Gasteiger partial charge in [0.2, 0.25) is 0 Å². The van der Waals surface area contributed by atoms with Crippen molar-refractivity contribution in [1.82, 2.24) is 9.97 Å². The molecule has 0 aliphatic carbocycles. The molecule has 17 aromatic rings. The largest absolute Gasteiger partial charge is 0.0629 e. The maximum atomic E-state index is 9.19. The van der Waals surface area contributed by atoms with Gasteiger partial charge in [-0.3, -0.25) is 0 Å². The minimum absolute atomic E-state index is 0. The summed E-state index contributed by atoms with van der Waals surface area (Å²) in [4.78, 5) is 16.8. The summed E-state index contributed by atoms with van der Waals surface area (Å²) < 4.78 is 214. The Hall–Kier alpha value is -12.4. The fourth-order valence-corrected chi connectivity index (χ4v) is 37.6. The van der Waals surface area contributed by atoms with Crippen molar-refractivity contribution in [3.63, 3.8) is 0 Å². The molecule has 586 valence electrons. The molecule has 0 atom stereocenters. The van der Waals surface area contributed by atoms with E-state index in [2.05, 4.69) is 146 Å². The summed E-state index contributed by atoms with van der Waals surface area (Å²) in [6.45, 7) is 0.545. The predicted molar refractivity (Wildman–Crippen MR) is 489 cm³/mol. The number of aromatic nitrogens is 2. The number of pyridine rings is 2. The third-order valence-electron chi connectivity index (χ3n) is 21.5. The third-order valence-corrected chi connectivity index (χ3v) is 41.8. The molecule has 0 unspecified atom stereocenters. The average molecular weight is 2050 g/mol. The van der Waals surface area contributed by atoms with E-state index in [0.29, 0.717) is 45.7 Å². The van der Waals surface area contributed by atoms with Crippen molar-refractivity contribution in [2.45, 2.75) is 27.6 Å². The Morgan fingerprint density at radius 2 is 0.675 bits per heavy atom. The number of benzene rings is 15. The first-order chi connectivity index (χ1) is 67.2. The van der Waals surface area contributed by atoms with Crippen LogP contribution in [0.25, 0.3) is 67.0 Å². The van der Waals surface area contributed by atoms with E-state index in [9.17, 15) is 2.74 Å². The molecule has 120 heavy (non-hydrogen) atoms. The second kappa shape index (κ2) is 33.8. The van der Waals surface area contributed by atoms with Crippen molar-refractivity contribution in [2.75, 3.05) is 19.6 Å². The van der Waals surface area contributed by atoms with Gasteiger partial charge in [0.15, 0.2) is 0 Å². The topological polar surface area (TPSA) is 57.2 Å². The smallest absolute Gasteiger partial charge is 0.0587 e. The van der Waals surface area contributed by atoms with Crippen LogP contribution in [-0.2, 0) is 42.1 Å². The Kier molecular flexibility index (Phi) is 16.0. The number of hydrogen-bond donors (Lipinski definition) is 0. The molecule has 15 aromatic carbocycles. The normalized spacial score (nSPS) is 16.1. The molecule has 21 rings (SSSR count). The van der Waals surface area contributed by atoms with Crippen LogP contribution in [0.3, 0.4) is 0 Å². The van der Waals surface area contributed by atoms with Gasteiger partial charge in [0.05, 0.1) is 21.9 Å². The average Bonchev–Trinajstić information content (AvgIpc) is 1.55. The van der Waals surface area contributed by atoms with Crippen LogP contribution in [0.4, 0.5) is 34.1 Å². The quantitative estimate of drug-likeness (QED) is 0.0701. The summed E-state index contributed by atoms with van der Waals surface area (Å²) in [6.07, 6.45) is 7.01. The third kappa shape index (κ3) is 14.4. The van der Waals surface area contributed by atoms with E-state index >= 15 is 0 Å². The molecule has 0 N–H and O–H groups in total. The van der Waals surface area contributed by atoms with E-state index in [4.69, 9.17) is 46.9 Å². The monoisotopic (exact) mass is 2050 g/mol. The molecule has 12 heteroatoms. The molecule has 0 saturated carbocycles. The molecule has 0 bridgehead atoms. The minimum Gasteiger partial charge on any atom is -0.0587 e. The van der Waals surface area contributed by atoms with Crippen LogP contribution < -0.4 is 64.2 Å². The maximum Gasteiger partial charge on any atom is 0.0629 e. The standard InChI is InChI=1S/C56H40GeN3O.C52H38GeN3O.2Pt/c1-39-25-29-41(30-26-39)48-20-12-21-49(42-31-27-40(2)28-32-42)56(48)60-38-59(53-23-9-10-24-54(53)60)45-18-11-19-46(36-45)61-47-33-34-51-50(37-47)55-52(22-13-35-58-55)57(51,43-14-5-3-6-15-43)44-16-7-4-8-17-44;1-37-21-25-39(26-22-37)46-18-10-19-47(40-27-23-38(2)24-28-40)52(46)56-33-32-55(36-56)43-16-9-17-44(34-43)57-45-29-30-49-48(35-45)51-50(20-11-31-54-51)53(49,41-12-5-3-6-13-41)42-14-7-4-8-15-42;;/h3-35,38H,1-2H3;3-33,36H,1-2H3;;/q2*-3;;/i1D3,25D,26D,27D,28D,29D,30D,31D,32D;1D3,21D,22D,23D,24D,25D,26D,27D,28D;;. The van der Waals surface area contributed by atoms with Gasteiger partial charge in [0, 0.05) is 72.6 Å². The zero-order valence-electron chi connectivity index (χ0n) is 86.0. The molecular weight excluding hydrogens is 1950 g/mol. The Balaban J connectivity index is 0.000000185. The van der Waals surface area contributed by atoms with Crippen molar-refractivity contribution >= 4 is 95.8 Å². The number of fused-ring (bicyclic) bond motifs is 7. The van der Waals surface area contributed by atoms with Crippen molar-refractivity contribution in [2.24, 2.45) is 0 Å². The molecule has 2 aromatic heterocycles. The fraction of sp³-hybridized carbons (Fsp3) is 0.0370. The van der Waals surface area contributed by atoms with Gasteiger partial charge in [0.1, 0.15) is 0 Å². The SMILES string of the molecule is [2H]c1c([2H])c(-c2cccc(-c3c([2H])c([2H])c(C([2H])([2H])[2H])c([2H])c3[2H])c2N2C=CN(c3[c-]c(Oc4[c-]c5[c](cc4)[Ge]([c]4ccccc4)([c]4ccccc4)[c]4cccnc4-5)ccc3)[CH-]2)c([2H])c([2H])c1C.[2H]c1c([2H])c(-c2cccc(-c3c([2H])c([2H])c(C([2H])([2H])[2H])c([2H])c3[2H])c2N2[CH-]N(c3[c-]c(Oc4[c-]c5[c](cc4)[Ge]([c]4ccccc4)([c]4ccccc4)[c]4cccnc4-5)ccc3)c3ccccc32)c([2H])c([2H])c1C.[Pt].[Pt]. The van der Waals surface area contributed by atoms with E-state index in [1.165, 1.54) is 49.0 Å². The molecule has 6 heterocycles. The number of ether oxygens (including phenoxy) is 2. The first kappa shape index (κ1) is 56.9. The van der Waals surface area contributed by atoms with Crippen LogP contribution in [-0.4, -0.2) is 36.5 Å². The number of hydrogen-bond acceptors (Lipinski definition) is 8. The first-order valence-electron chi connectivity index (χ1n) is 49.2. The van der Waals surface area contributed by atoms with E-state index in [1.54, 1.807) is 89.0 Å². The molecule has 4 aliphatic rings. The molecule has 0 spiro atoms. The summed E-state index contributed by atoms with van der Waals surface area (Å²) in [5, 5.41) is 0. The van der Waals surface area contributed by atoms with Gasteiger partial charge in [-0.05, 0) is 49.8 Å². The van der Waals surface area contributed by atoms with Crippen LogP contribution >= 0.6 is 0 Å². The summed E-state index contributed by atoms with van der Waals surface area (Å²) in [7, 11) is 0. The number of anilines is 6. The molecule has 0 amide bonds. The second-order valence-corrected chi connectivity index (χ2v) is 44.1. The van der Waals surface area contributed by atoms with Gasteiger partial charge in [-0.2, -0.15) is 0 Å². The van der Waals surface area contributed by atoms with Crippen molar-refractivity contribution in [3.8, 4) is 90.0 Å². The first-order valence-corrected chi connectivity index (χ1v) is 46.6. The summed E-state index contributed by atoms with van der Waals surface area (Å²) in [5.41, 5.74) is 5.34. The summed E-state index contributed by atoms with van der Waals surface area (Å²) in [6, 6.07) is 93.5. The minimum atomic E-state index is -3.55. The molecule has 0 saturated heterocycles. The molecule has 4 aliphatic heterocycles. The van der Waals surface area contributed by atoms with Gasteiger partial charge < -0.3 is 0 Å². The van der Waals surface area contributed by atoms with E-state index in [-0.39, 0.29) is 157 Å². The van der Waals surface area contributed by atoms with Gasteiger partial charge >= 0.3 is 467 Å².